The Morgan fingerprint density at radius 1 is 0.909 bits per heavy atom. The first-order valence-electron chi connectivity index (χ1n) is 14.6. The van der Waals surface area contributed by atoms with Crippen molar-refractivity contribution in [2.45, 2.75) is 25.4 Å². The largest absolute Gasteiger partial charge is 0.491 e. The number of rotatable bonds is 8. The molecule has 1 aliphatic heterocycles. The number of likely N-dealkylation sites (tertiary alicyclic amines) is 1. The summed E-state index contributed by atoms with van der Waals surface area (Å²) in [6.07, 6.45) is 3.41. The molecule has 0 unspecified atom stereocenters. The van der Waals surface area contributed by atoms with Crippen LogP contribution in [0, 0.1) is 0 Å². The molecule has 0 amide bonds. The van der Waals surface area contributed by atoms with Crippen LogP contribution >= 0.6 is 0 Å². The number of piperidine rings is 1. The molecule has 0 saturated carbocycles. The Bertz CT molecular complexity index is 2020. The Hall–Kier alpha value is -5.35. The molecule has 1 saturated heterocycles. The topological polar surface area (TPSA) is 128 Å². The summed E-state index contributed by atoms with van der Waals surface area (Å²) < 4.78 is 7.11. The average molecular weight is 586 g/mol. The van der Waals surface area contributed by atoms with Crippen LogP contribution in [0.3, 0.4) is 0 Å². The van der Waals surface area contributed by atoms with Gasteiger partial charge in [0.1, 0.15) is 17.0 Å². The number of benzene rings is 2. The maximum atomic E-state index is 11.9. The number of fused-ring (bicyclic) bond motifs is 1. The minimum atomic E-state index is -0.553. The van der Waals surface area contributed by atoms with E-state index in [0.717, 1.165) is 66.1 Å². The zero-order valence-electron chi connectivity index (χ0n) is 24.2. The molecule has 1 fully saturated rings. The van der Waals surface area contributed by atoms with E-state index in [4.69, 9.17) is 20.4 Å². The van der Waals surface area contributed by atoms with Gasteiger partial charge in [0.2, 0.25) is 0 Å². The smallest absolute Gasteiger partial charge is 0.271 e. The molecule has 0 atom stereocenters. The van der Waals surface area contributed by atoms with Crippen LogP contribution in [0.15, 0.2) is 94.6 Å². The zero-order valence-corrected chi connectivity index (χ0v) is 24.2. The van der Waals surface area contributed by atoms with Crippen LogP contribution in [-0.2, 0) is 6.54 Å². The third-order valence-electron chi connectivity index (χ3n) is 8.26. The molecule has 220 valence electrons. The summed E-state index contributed by atoms with van der Waals surface area (Å²) in [6.45, 7) is 2.56. The normalized spacial score (nSPS) is 14.3. The van der Waals surface area contributed by atoms with Crippen LogP contribution in [0.1, 0.15) is 18.4 Å². The summed E-state index contributed by atoms with van der Waals surface area (Å²) >= 11 is 0. The molecule has 10 heteroatoms. The van der Waals surface area contributed by atoms with Gasteiger partial charge in [-0.2, -0.15) is 0 Å². The number of hydrogen-bond donors (Lipinski definition) is 2. The third-order valence-corrected chi connectivity index (χ3v) is 8.26. The molecule has 0 bridgehead atoms. The Balaban J connectivity index is 1.13. The molecular formula is C34H31N7O3. The van der Waals surface area contributed by atoms with Crippen molar-refractivity contribution in [2.24, 2.45) is 0 Å². The first kappa shape index (κ1) is 27.5. The van der Waals surface area contributed by atoms with Gasteiger partial charge in [-0.15, -0.1) is 0 Å². The van der Waals surface area contributed by atoms with Crippen molar-refractivity contribution in [3.05, 3.63) is 111 Å². The highest BCUT2D eigenvalue weighted by Gasteiger charge is 2.26. The molecule has 7 rings (SSSR count). The van der Waals surface area contributed by atoms with Gasteiger partial charge < -0.3 is 15.8 Å². The van der Waals surface area contributed by atoms with E-state index >= 15 is 0 Å². The Morgan fingerprint density at radius 3 is 2.41 bits per heavy atom. The van der Waals surface area contributed by atoms with Crippen LogP contribution in [0.5, 0.6) is 5.75 Å². The maximum Gasteiger partial charge on any atom is 0.271 e. The van der Waals surface area contributed by atoms with Gasteiger partial charge in [0, 0.05) is 43.1 Å². The van der Waals surface area contributed by atoms with E-state index < -0.39 is 10.9 Å². The fourth-order valence-corrected chi connectivity index (χ4v) is 5.90. The van der Waals surface area contributed by atoms with Crippen molar-refractivity contribution in [1.29, 1.82) is 0 Å². The Kier molecular flexibility index (Phi) is 7.11. The summed E-state index contributed by atoms with van der Waals surface area (Å²) in [5.41, 5.74) is 11.8. The molecule has 3 aromatic carbocycles. The van der Waals surface area contributed by atoms with Gasteiger partial charge in [-0.1, -0.05) is 42.5 Å². The second kappa shape index (κ2) is 11.4. The minimum Gasteiger partial charge on any atom is -0.491 e. The van der Waals surface area contributed by atoms with Crippen molar-refractivity contribution in [3.63, 3.8) is 0 Å². The Labute approximate surface area is 253 Å². The second-order valence-corrected chi connectivity index (χ2v) is 11.0. The molecule has 4 heterocycles. The fraction of sp³-hybridized carbons (Fsp3) is 0.206. The molecule has 0 aliphatic carbocycles. The molecule has 0 spiro atoms. The summed E-state index contributed by atoms with van der Waals surface area (Å²) in [5.74, 6) is 1.23. The number of aromatic nitrogens is 4. The third kappa shape index (κ3) is 4.99. The van der Waals surface area contributed by atoms with Crippen LogP contribution in [0.25, 0.3) is 39.5 Å². The van der Waals surface area contributed by atoms with Crippen LogP contribution < -0.4 is 26.6 Å². The number of anilines is 2. The van der Waals surface area contributed by atoms with Gasteiger partial charge in [-0.05, 0) is 54.8 Å². The van der Waals surface area contributed by atoms with E-state index in [1.807, 2.05) is 59.2 Å². The summed E-state index contributed by atoms with van der Waals surface area (Å²) in [4.78, 5) is 40.2. The van der Waals surface area contributed by atoms with E-state index in [-0.39, 0.29) is 11.8 Å². The number of nitrogen functional groups attached to an aromatic ring is 1. The SMILES string of the molecule is COc1c(NC2CCN(Cc3ccc(-n4c(-c5cccnc5N)nc5ccc(-c6ccccc6)nc54)cc3)CC2)c(=O)c1=O. The molecule has 0 radical (unpaired) electrons. The van der Waals surface area contributed by atoms with E-state index in [9.17, 15) is 9.59 Å². The number of nitrogens with zero attached hydrogens (tertiary/aromatic N) is 5. The lowest BCUT2D eigenvalue weighted by molar-refractivity contribution is 0.211. The van der Waals surface area contributed by atoms with Gasteiger partial charge in [-0.25, -0.2) is 15.0 Å². The minimum absolute atomic E-state index is 0.131. The molecule has 10 nitrogen and oxygen atoms in total. The number of pyridine rings is 2. The van der Waals surface area contributed by atoms with E-state index in [2.05, 4.69) is 39.5 Å². The molecular weight excluding hydrogens is 554 g/mol. The lowest BCUT2D eigenvalue weighted by atomic mass is 10.0. The van der Waals surface area contributed by atoms with Crippen molar-refractivity contribution < 1.29 is 4.74 Å². The van der Waals surface area contributed by atoms with Crippen LogP contribution in [-0.4, -0.2) is 50.7 Å². The summed E-state index contributed by atoms with van der Waals surface area (Å²) in [6, 6.07) is 26.5. The first-order chi connectivity index (χ1) is 21.5. The van der Waals surface area contributed by atoms with Crippen molar-refractivity contribution >= 4 is 22.7 Å². The first-order valence-corrected chi connectivity index (χ1v) is 14.6. The molecule has 6 aromatic rings. The van der Waals surface area contributed by atoms with Crippen molar-refractivity contribution in [3.8, 4) is 34.1 Å². The van der Waals surface area contributed by atoms with E-state index in [1.54, 1.807) is 6.20 Å². The number of nitrogens with one attached hydrogen (secondary N) is 1. The lowest BCUT2D eigenvalue weighted by Gasteiger charge is -2.33. The highest BCUT2D eigenvalue weighted by molar-refractivity contribution is 5.84. The van der Waals surface area contributed by atoms with E-state index in [1.165, 1.54) is 12.7 Å². The van der Waals surface area contributed by atoms with Gasteiger partial charge in [0.05, 0.1) is 18.4 Å². The summed E-state index contributed by atoms with van der Waals surface area (Å²) in [7, 11) is 1.41. The molecule has 3 aromatic heterocycles. The molecule has 44 heavy (non-hydrogen) atoms. The Morgan fingerprint density at radius 2 is 1.68 bits per heavy atom. The predicted octanol–water partition coefficient (Wildman–Crippen LogP) is 4.41. The van der Waals surface area contributed by atoms with Crippen molar-refractivity contribution in [1.82, 2.24) is 24.4 Å². The van der Waals surface area contributed by atoms with Crippen LogP contribution in [0.4, 0.5) is 11.5 Å². The van der Waals surface area contributed by atoms with Gasteiger partial charge in [0.15, 0.2) is 17.2 Å². The van der Waals surface area contributed by atoms with Gasteiger partial charge in [-0.3, -0.25) is 19.1 Å². The molecule has 1 aliphatic rings. The van der Waals surface area contributed by atoms with Gasteiger partial charge >= 0.3 is 0 Å². The molecule has 3 N–H and O–H groups in total. The predicted molar refractivity (Wildman–Crippen MR) is 172 cm³/mol. The standard InChI is InChI=1S/C34H31N7O3/c1-44-31-28(29(42)30(31)43)37-23-15-18-40(19-16-23)20-21-9-11-24(12-10-21)41-33(25-8-5-17-36-32(25)35)39-27-14-13-26(38-34(27)41)22-6-3-2-4-7-22/h2-14,17,23,37H,15-16,18-20H2,1H3,(H2,35,36). The monoisotopic (exact) mass is 585 g/mol. The number of ether oxygens (including phenoxy) is 1. The quantitative estimate of drug-likeness (QED) is 0.250. The fourth-order valence-electron chi connectivity index (χ4n) is 5.90. The number of hydrogen-bond acceptors (Lipinski definition) is 9. The summed E-state index contributed by atoms with van der Waals surface area (Å²) in [5, 5.41) is 3.23. The zero-order chi connectivity index (χ0) is 30.2. The van der Waals surface area contributed by atoms with Crippen molar-refractivity contribution in [2.75, 3.05) is 31.2 Å². The van der Waals surface area contributed by atoms with Gasteiger partial charge in [0.25, 0.3) is 10.9 Å². The highest BCUT2D eigenvalue weighted by Crippen LogP contribution is 2.32. The number of methoxy groups -OCH3 is 1. The highest BCUT2D eigenvalue weighted by atomic mass is 16.5. The number of nitrogens with two attached hydrogens (primary N) is 1. The lowest BCUT2D eigenvalue weighted by Crippen LogP contribution is -2.42. The maximum absolute atomic E-state index is 11.9. The number of imidazole rings is 1. The van der Waals surface area contributed by atoms with Crippen LogP contribution in [0.2, 0.25) is 0 Å². The second-order valence-electron chi connectivity index (χ2n) is 11.0. The van der Waals surface area contributed by atoms with E-state index in [0.29, 0.717) is 17.3 Å². The average Bonchev–Trinajstić information content (AvgIpc) is 3.44.